The average molecular weight is 375 g/mol. The van der Waals surface area contributed by atoms with Gasteiger partial charge in [-0.3, -0.25) is 19.8 Å². The maximum atomic E-state index is 14.6. The normalized spacial score (nSPS) is 32.5. The van der Waals surface area contributed by atoms with Crippen molar-refractivity contribution >= 4 is 5.91 Å². The van der Waals surface area contributed by atoms with Crippen LogP contribution < -0.4 is 5.48 Å². The molecule has 1 aromatic carbocycles. The number of carbonyl (C=O) groups is 1. The second kappa shape index (κ2) is 7.49. The minimum atomic E-state index is -0.659. The summed E-state index contributed by atoms with van der Waals surface area (Å²) in [7, 11) is 0. The van der Waals surface area contributed by atoms with E-state index in [1.807, 2.05) is 0 Å². The Morgan fingerprint density at radius 3 is 2.74 bits per heavy atom. The summed E-state index contributed by atoms with van der Waals surface area (Å²) < 4.78 is 14.6. The van der Waals surface area contributed by atoms with Crippen molar-refractivity contribution in [2.45, 2.75) is 70.6 Å². The molecule has 27 heavy (non-hydrogen) atoms. The van der Waals surface area contributed by atoms with Gasteiger partial charge in [-0.25, -0.2) is 9.87 Å². The molecule has 4 rings (SSSR count). The summed E-state index contributed by atoms with van der Waals surface area (Å²) >= 11 is 0. The van der Waals surface area contributed by atoms with E-state index in [1.165, 1.54) is 31.9 Å². The smallest absolute Gasteiger partial charge is 0.274 e. The number of fused-ring (bicyclic) bond motifs is 2. The average Bonchev–Trinajstić information content (AvgIpc) is 3.45. The molecule has 4 unspecified atom stereocenters. The molecule has 0 saturated carbocycles. The van der Waals surface area contributed by atoms with E-state index in [4.69, 9.17) is 5.21 Å². The second-order valence-corrected chi connectivity index (χ2v) is 8.48. The van der Waals surface area contributed by atoms with Gasteiger partial charge in [-0.1, -0.05) is 13.8 Å². The van der Waals surface area contributed by atoms with E-state index in [1.54, 1.807) is 11.5 Å². The third-order valence-electron chi connectivity index (χ3n) is 6.85. The van der Waals surface area contributed by atoms with Gasteiger partial charge in [0.15, 0.2) is 0 Å². The predicted molar refractivity (Wildman–Crippen MR) is 101 cm³/mol. The molecule has 5 atom stereocenters. The van der Waals surface area contributed by atoms with Crippen LogP contribution in [0.15, 0.2) is 12.1 Å². The van der Waals surface area contributed by atoms with Crippen LogP contribution >= 0.6 is 0 Å². The van der Waals surface area contributed by atoms with Crippen LogP contribution in [-0.4, -0.2) is 52.1 Å². The summed E-state index contributed by atoms with van der Waals surface area (Å²) in [5.41, 5.74) is 3.41. The van der Waals surface area contributed by atoms with Crippen molar-refractivity contribution in [2.75, 3.05) is 13.1 Å². The van der Waals surface area contributed by atoms with E-state index >= 15 is 0 Å². The molecule has 0 radical (unpaired) electrons. The largest absolute Gasteiger partial charge is 0.296 e. The SMILES string of the molecule is CCC1CC(CN2Cc3cc(C(=O)NO)cc(F)c3C[C@@H]2CC)CC2CN12. The highest BCUT2D eigenvalue weighted by molar-refractivity contribution is 5.93. The molecule has 148 valence electrons. The van der Waals surface area contributed by atoms with E-state index in [-0.39, 0.29) is 11.4 Å². The first kappa shape index (κ1) is 18.8. The first-order valence-corrected chi connectivity index (χ1v) is 10.3. The van der Waals surface area contributed by atoms with Crippen molar-refractivity contribution in [1.82, 2.24) is 15.3 Å². The van der Waals surface area contributed by atoms with Gasteiger partial charge < -0.3 is 0 Å². The summed E-state index contributed by atoms with van der Waals surface area (Å²) in [6.45, 7) is 7.45. The van der Waals surface area contributed by atoms with Gasteiger partial charge in [0.1, 0.15) is 5.82 Å². The van der Waals surface area contributed by atoms with Gasteiger partial charge in [-0.15, -0.1) is 0 Å². The van der Waals surface area contributed by atoms with Crippen molar-refractivity contribution in [3.8, 4) is 0 Å². The van der Waals surface area contributed by atoms with Crippen LogP contribution in [-0.2, 0) is 13.0 Å². The molecule has 6 heteroatoms. The number of piperidine rings is 1. The van der Waals surface area contributed by atoms with E-state index < -0.39 is 5.91 Å². The zero-order chi connectivity index (χ0) is 19.1. The third-order valence-corrected chi connectivity index (χ3v) is 6.85. The molecule has 0 aromatic heterocycles. The van der Waals surface area contributed by atoms with Crippen LogP contribution in [0.2, 0.25) is 0 Å². The molecule has 2 N–H and O–H groups in total. The summed E-state index contributed by atoms with van der Waals surface area (Å²) in [4.78, 5) is 16.9. The predicted octanol–water partition coefficient (Wildman–Crippen LogP) is 2.95. The highest BCUT2D eigenvalue weighted by Gasteiger charge is 2.45. The van der Waals surface area contributed by atoms with Crippen LogP contribution in [0.25, 0.3) is 0 Å². The molecule has 0 aliphatic carbocycles. The lowest BCUT2D eigenvalue weighted by Crippen LogP contribution is -2.45. The molecule has 2 saturated heterocycles. The molecule has 1 aromatic rings. The first-order valence-electron chi connectivity index (χ1n) is 10.3. The molecular formula is C21H30FN3O2. The molecule has 3 aliphatic rings. The molecular weight excluding hydrogens is 345 g/mol. The Balaban J connectivity index is 1.53. The van der Waals surface area contributed by atoms with Gasteiger partial charge >= 0.3 is 0 Å². The van der Waals surface area contributed by atoms with Gasteiger partial charge in [0.2, 0.25) is 0 Å². The highest BCUT2D eigenvalue weighted by Crippen LogP contribution is 2.40. The van der Waals surface area contributed by atoms with E-state index in [2.05, 4.69) is 23.6 Å². The Morgan fingerprint density at radius 1 is 1.26 bits per heavy atom. The molecule has 2 fully saturated rings. The Labute approximate surface area is 160 Å². The minimum absolute atomic E-state index is 0.181. The number of nitrogens with zero attached hydrogens (tertiary/aromatic N) is 2. The Bertz CT molecular complexity index is 726. The Kier molecular flexibility index (Phi) is 5.23. The molecule has 0 bridgehead atoms. The number of halogens is 1. The van der Waals surface area contributed by atoms with E-state index in [0.717, 1.165) is 36.2 Å². The highest BCUT2D eigenvalue weighted by atomic mass is 19.1. The first-order chi connectivity index (χ1) is 13.0. The fraction of sp³-hybridized carbons (Fsp3) is 0.667. The van der Waals surface area contributed by atoms with Crippen LogP contribution in [0.3, 0.4) is 0 Å². The zero-order valence-corrected chi connectivity index (χ0v) is 16.2. The Hall–Kier alpha value is -1.50. The molecule has 1 amide bonds. The number of carbonyl (C=O) groups excluding carboxylic acids is 1. The lowest BCUT2D eigenvalue weighted by molar-refractivity contribution is 0.0705. The van der Waals surface area contributed by atoms with Crippen LogP contribution in [0.1, 0.15) is 61.0 Å². The lowest BCUT2D eigenvalue weighted by Gasteiger charge is -2.40. The number of hydrogen-bond donors (Lipinski definition) is 2. The number of hydroxylamine groups is 1. The second-order valence-electron chi connectivity index (χ2n) is 8.48. The monoisotopic (exact) mass is 375 g/mol. The Morgan fingerprint density at radius 2 is 2.04 bits per heavy atom. The number of benzene rings is 1. The maximum Gasteiger partial charge on any atom is 0.274 e. The number of nitrogens with one attached hydrogen (secondary N) is 1. The van der Waals surface area contributed by atoms with Crippen molar-refractivity contribution in [3.05, 3.63) is 34.6 Å². The summed E-state index contributed by atoms with van der Waals surface area (Å²) in [6.07, 6.45) is 5.44. The van der Waals surface area contributed by atoms with Crippen LogP contribution in [0.5, 0.6) is 0 Å². The fourth-order valence-electron chi connectivity index (χ4n) is 5.32. The van der Waals surface area contributed by atoms with E-state index in [0.29, 0.717) is 24.9 Å². The van der Waals surface area contributed by atoms with Crippen LogP contribution in [0.4, 0.5) is 4.39 Å². The third kappa shape index (κ3) is 3.62. The van der Waals surface area contributed by atoms with Crippen molar-refractivity contribution in [3.63, 3.8) is 0 Å². The molecule has 0 spiro atoms. The standard InChI is InChI=1S/C21H30FN3O2/c1-3-16-9-19-15(7-14(8-20(19)22)21(26)23-27)11-24(16)10-13-5-17(4-2)25-12-18(25)6-13/h7-8,13,16-18,27H,3-6,9-12H2,1-2H3,(H,23,26)/t13?,16-,17?,18?,25?/m0/s1. The lowest BCUT2D eigenvalue weighted by atomic mass is 9.86. The maximum absolute atomic E-state index is 14.6. The molecule has 5 nitrogen and oxygen atoms in total. The summed E-state index contributed by atoms with van der Waals surface area (Å²) in [6, 6.07) is 4.83. The zero-order valence-electron chi connectivity index (χ0n) is 16.2. The van der Waals surface area contributed by atoms with Gasteiger partial charge in [0.05, 0.1) is 0 Å². The number of hydrogen-bond acceptors (Lipinski definition) is 4. The van der Waals surface area contributed by atoms with Gasteiger partial charge in [-0.05, 0) is 61.3 Å². The number of amides is 1. The topological polar surface area (TPSA) is 55.6 Å². The van der Waals surface area contributed by atoms with Gasteiger partial charge in [0, 0.05) is 43.3 Å². The summed E-state index contributed by atoms with van der Waals surface area (Å²) in [5, 5.41) is 8.87. The number of rotatable bonds is 5. The van der Waals surface area contributed by atoms with E-state index in [9.17, 15) is 9.18 Å². The van der Waals surface area contributed by atoms with Gasteiger partial charge in [0.25, 0.3) is 5.91 Å². The van der Waals surface area contributed by atoms with Crippen molar-refractivity contribution < 1.29 is 14.4 Å². The van der Waals surface area contributed by atoms with Crippen molar-refractivity contribution in [2.24, 2.45) is 5.92 Å². The molecule has 3 aliphatic heterocycles. The molecule has 3 heterocycles. The fourth-order valence-corrected chi connectivity index (χ4v) is 5.32. The summed E-state index contributed by atoms with van der Waals surface area (Å²) in [5.74, 6) is -0.294. The van der Waals surface area contributed by atoms with Crippen LogP contribution in [0, 0.1) is 11.7 Å². The van der Waals surface area contributed by atoms with Crippen molar-refractivity contribution in [1.29, 1.82) is 0 Å². The quantitative estimate of drug-likeness (QED) is 0.472. The minimum Gasteiger partial charge on any atom is -0.296 e. The van der Waals surface area contributed by atoms with Gasteiger partial charge in [-0.2, -0.15) is 0 Å².